The number of ether oxygens (including phenoxy) is 1. The van der Waals surface area contributed by atoms with Crippen LogP contribution in [-0.2, 0) is 28.8 Å². The first-order valence-electron chi connectivity index (χ1n) is 10.0. The van der Waals surface area contributed by atoms with E-state index in [1.165, 1.54) is 6.39 Å². The first-order valence-corrected chi connectivity index (χ1v) is 10.8. The third kappa shape index (κ3) is 6.94. The maximum atomic E-state index is 12.8. The van der Waals surface area contributed by atoms with Gasteiger partial charge in [0.25, 0.3) is 0 Å². The van der Waals surface area contributed by atoms with Crippen LogP contribution in [0.15, 0.2) is 59.3 Å². The van der Waals surface area contributed by atoms with Crippen LogP contribution in [0.5, 0.6) is 0 Å². The van der Waals surface area contributed by atoms with E-state index in [9.17, 15) is 9.59 Å². The van der Waals surface area contributed by atoms with Crippen LogP contribution in [0.25, 0.3) is 0 Å². The molecule has 0 bridgehead atoms. The van der Waals surface area contributed by atoms with Gasteiger partial charge in [0.2, 0.25) is 0 Å². The van der Waals surface area contributed by atoms with Crippen LogP contribution in [-0.4, -0.2) is 23.3 Å². The maximum Gasteiger partial charge on any atom is 0.360 e. The molecule has 3 rings (SSSR count). The molecule has 0 fully saturated rings. The van der Waals surface area contributed by atoms with Gasteiger partial charge < -0.3 is 9.15 Å². The summed E-state index contributed by atoms with van der Waals surface area (Å²) >= 11 is 11.9. The molecule has 3 aromatic rings. The lowest BCUT2D eigenvalue weighted by Gasteiger charge is -2.16. The highest BCUT2D eigenvalue weighted by atomic mass is 35.5. The summed E-state index contributed by atoms with van der Waals surface area (Å²) in [6.45, 7) is 1.98. The van der Waals surface area contributed by atoms with Gasteiger partial charge in [0.1, 0.15) is 11.5 Å². The summed E-state index contributed by atoms with van der Waals surface area (Å²) < 4.78 is 10.5. The molecule has 0 saturated heterocycles. The Balaban J connectivity index is 1.75. The molecule has 1 aromatic heterocycles. The smallest absolute Gasteiger partial charge is 0.360 e. The minimum absolute atomic E-state index is 0.0814. The molecule has 0 amide bonds. The Morgan fingerprint density at radius 1 is 0.968 bits per heavy atom. The van der Waals surface area contributed by atoms with E-state index < -0.39 is 5.97 Å². The molecule has 0 aliphatic carbocycles. The van der Waals surface area contributed by atoms with E-state index in [-0.39, 0.29) is 24.0 Å². The van der Waals surface area contributed by atoms with Crippen LogP contribution in [0.1, 0.15) is 40.7 Å². The van der Waals surface area contributed by atoms with E-state index in [1.807, 2.05) is 36.4 Å². The van der Waals surface area contributed by atoms with Gasteiger partial charge in [-0.05, 0) is 54.7 Å². The zero-order valence-corrected chi connectivity index (χ0v) is 18.7. The van der Waals surface area contributed by atoms with Crippen LogP contribution >= 0.6 is 23.2 Å². The second-order valence-electron chi connectivity index (χ2n) is 7.29. The van der Waals surface area contributed by atoms with Gasteiger partial charge in [-0.25, -0.2) is 9.78 Å². The van der Waals surface area contributed by atoms with Crippen molar-refractivity contribution in [3.8, 4) is 0 Å². The van der Waals surface area contributed by atoms with Gasteiger partial charge in [-0.15, -0.1) is 0 Å². The first kappa shape index (κ1) is 23.0. The molecular weight excluding hydrogens is 437 g/mol. The number of carbonyl (C=O) groups excluding carboxylic acids is 2. The van der Waals surface area contributed by atoms with Gasteiger partial charge in [-0.3, -0.25) is 4.79 Å². The molecule has 0 aliphatic rings. The van der Waals surface area contributed by atoms with Gasteiger partial charge in [0.15, 0.2) is 12.1 Å². The standard InChI is InChI=1S/C24H23Cl2NO4/c1-2-30-24(29)23-22(31-15-27-23)14-18(11-16-3-7-19(25)8-4-16)13-21(28)12-17-5-9-20(26)10-6-17/h3-10,15,18H,2,11-14H2,1H3/t18-/m1/s1. The number of oxazole rings is 1. The molecule has 0 unspecified atom stereocenters. The topological polar surface area (TPSA) is 69.4 Å². The third-order valence-corrected chi connectivity index (χ3v) is 5.36. The number of aromatic nitrogens is 1. The predicted molar refractivity (Wildman–Crippen MR) is 120 cm³/mol. The summed E-state index contributed by atoms with van der Waals surface area (Å²) in [5.41, 5.74) is 2.12. The van der Waals surface area contributed by atoms with Crippen LogP contribution < -0.4 is 0 Å². The average Bonchev–Trinajstić information content (AvgIpc) is 3.20. The lowest BCUT2D eigenvalue weighted by atomic mass is 9.88. The fourth-order valence-corrected chi connectivity index (χ4v) is 3.69. The third-order valence-electron chi connectivity index (χ3n) is 4.85. The zero-order chi connectivity index (χ0) is 22.2. The number of ketones is 1. The van der Waals surface area contributed by atoms with Crippen molar-refractivity contribution >= 4 is 35.0 Å². The van der Waals surface area contributed by atoms with Crippen LogP contribution in [0, 0.1) is 5.92 Å². The fraction of sp³-hybridized carbons (Fsp3) is 0.292. The fourth-order valence-electron chi connectivity index (χ4n) is 3.44. The van der Waals surface area contributed by atoms with Crippen LogP contribution in [0.4, 0.5) is 0 Å². The Labute approximate surface area is 191 Å². The minimum atomic E-state index is -0.524. The van der Waals surface area contributed by atoms with Gasteiger partial charge in [-0.2, -0.15) is 0 Å². The summed E-state index contributed by atoms with van der Waals surface area (Å²) in [7, 11) is 0. The highest BCUT2D eigenvalue weighted by molar-refractivity contribution is 6.30. The molecule has 0 radical (unpaired) electrons. The maximum absolute atomic E-state index is 12.8. The lowest BCUT2D eigenvalue weighted by Crippen LogP contribution is -2.17. The Morgan fingerprint density at radius 2 is 1.58 bits per heavy atom. The number of benzene rings is 2. The highest BCUT2D eigenvalue weighted by Crippen LogP contribution is 2.23. The van der Waals surface area contributed by atoms with E-state index in [0.29, 0.717) is 41.5 Å². The molecule has 0 aliphatic heterocycles. The highest BCUT2D eigenvalue weighted by Gasteiger charge is 2.23. The molecule has 7 heteroatoms. The van der Waals surface area contributed by atoms with Crippen molar-refractivity contribution in [3.05, 3.63) is 87.6 Å². The average molecular weight is 460 g/mol. The Hall–Kier alpha value is -2.63. The summed E-state index contributed by atoms with van der Waals surface area (Å²) in [4.78, 5) is 29.0. The first-order chi connectivity index (χ1) is 14.9. The minimum Gasteiger partial charge on any atom is -0.461 e. The molecule has 1 heterocycles. The number of hydrogen-bond donors (Lipinski definition) is 0. The number of carbonyl (C=O) groups is 2. The summed E-state index contributed by atoms with van der Waals surface area (Å²) in [5, 5.41) is 1.28. The van der Waals surface area contributed by atoms with Gasteiger partial charge in [0.05, 0.1) is 6.61 Å². The van der Waals surface area contributed by atoms with Crippen LogP contribution in [0.2, 0.25) is 10.0 Å². The molecule has 162 valence electrons. The molecule has 0 saturated carbocycles. The van der Waals surface area contributed by atoms with Crippen molar-refractivity contribution in [1.82, 2.24) is 4.98 Å². The molecule has 0 N–H and O–H groups in total. The normalized spacial score (nSPS) is 11.8. The summed E-state index contributed by atoms with van der Waals surface area (Å²) in [6, 6.07) is 14.8. The molecular formula is C24H23Cl2NO4. The molecule has 2 aromatic carbocycles. The number of esters is 1. The van der Waals surface area contributed by atoms with Crippen molar-refractivity contribution in [1.29, 1.82) is 0 Å². The van der Waals surface area contributed by atoms with Gasteiger partial charge in [-0.1, -0.05) is 47.5 Å². The van der Waals surface area contributed by atoms with E-state index in [0.717, 1.165) is 11.1 Å². The monoisotopic (exact) mass is 459 g/mol. The molecule has 31 heavy (non-hydrogen) atoms. The molecule has 1 atom stereocenters. The predicted octanol–water partition coefficient (Wildman–Crippen LogP) is 5.76. The van der Waals surface area contributed by atoms with E-state index in [2.05, 4.69) is 4.98 Å². The number of rotatable bonds is 10. The second kappa shape index (κ2) is 11.1. The Kier molecular flexibility index (Phi) is 8.27. The largest absolute Gasteiger partial charge is 0.461 e. The SMILES string of the molecule is CCOC(=O)c1ncoc1C[C@@H](CC(=O)Cc1ccc(Cl)cc1)Cc1ccc(Cl)cc1. The van der Waals surface area contributed by atoms with Crippen molar-refractivity contribution in [2.75, 3.05) is 6.61 Å². The Bertz CT molecular complexity index is 1010. The number of nitrogens with zero attached hydrogens (tertiary/aromatic N) is 1. The van der Waals surface area contributed by atoms with Gasteiger partial charge in [0, 0.05) is 29.3 Å². The Morgan fingerprint density at radius 3 is 2.19 bits per heavy atom. The quantitative estimate of drug-likeness (QED) is 0.360. The summed E-state index contributed by atoms with van der Waals surface area (Å²) in [6.07, 6.45) is 2.90. The van der Waals surface area contributed by atoms with Crippen molar-refractivity contribution in [3.63, 3.8) is 0 Å². The lowest BCUT2D eigenvalue weighted by molar-refractivity contribution is -0.119. The second-order valence-corrected chi connectivity index (χ2v) is 8.16. The van der Waals surface area contributed by atoms with Gasteiger partial charge >= 0.3 is 5.97 Å². The van der Waals surface area contributed by atoms with E-state index in [4.69, 9.17) is 32.4 Å². The van der Waals surface area contributed by atoms with Crippen molar-refractivity contribution < 1.29 is 18.7 Å². The van der Waals surface area contributed by atoms with E-state index in [1.54, 1.807) is 19.1 Å². The summed E-state index contributed by atoms with van der Waals surface area (Å²) in [5.74, 6) is -0.0821. The van der Waals surface area contributed by atoms with Crippen LogP contribution in [0.3, 0.4) is 0 Å². The number of Topliss-reactive ketones (excluding diaryl/α,β-unsaturated/α-hetero) is 1. The van der Waals surface area contributed by atoms with Crippen molar-refractivity contribution in [2.45, 2.75) is 32.6 Å². The van der Waals surface area contributed by atoms with Crippen molar-refractivity contribution in [2.24, 2.45) is 5.92 Å². The zero-order valence-electron chi connectivity index (χ0n) is 17.1. The molecule has 0 spiro atoms. The number of hydrogen-bond acceptors (Lipinski definition) is 5. The van der Waals surface area contributed by atoms with E-state index >= 15 is 0 Å². The molecule has 5 nitrogen and oxygen atoms in total. The number of halogens is 2.